The molecule has 0 unspecified atom stereocenters. The highest BCUT2D eigenvalue weighted by Gasteiger charge is 2.20. The minimum atomic E-state index is -0.247. The quantitative estimate of drug-likeness (QED) is 0.544. The second-order valence-electron chi connectivity index (χ2n) is 6.63. The number of imidazole rings is 1. The summed E-state index contributed by atoms with van der Waals surface area (Å²) >= 11 is 0. The van der Waals surface area contributed by atoms with Crippen LogP contribution in [0.25, 0.3) is 16.9 Å². The molecule has 6 nitrogen and oxygen atoms in total. The summed E-state index contributed by atoms with van der Waals surface area (Å²) in [5.74, 6) is 1.64. The fraction of sp³-hybridized carbons (Fsp3) is 0.130. The maximum Gasteiger partial charge on any atom is 0.256 e. The van der Waals surface area contributed by atoms with Crippen molar-refractivity contribution in [2.45, 2.75) is 6.92 Å². The number of nitrogens with one attached hydrogen (secondary N) is 1. The van der Waals surface area contributed by atoms with Gasteiger partial charge in [0.2, 0.25) is 0 Å². The first-order valence-electron chi connectivity index (χ1n) is 9.18. The van der Waals surface area contributed by atoms with Crippen molar-refractivity contribution < 1.29 is 14.3 Å². The van der Waals surface area contributed by atoms with Crippen molar-refractivity contribution in [2.24, 2.45) is 0 Å². The molecule has 2 heterocycles. The molecular formula is C23H21N3O3. The van der Waals surface area contributed by atoms with E-state index in [4.69, 9.17) is 14.5 Å². The molecule has 6 heteroatoms. The van der Waals surface area contributed by atoms with Crippen molar-refractivity contribution in [3.8, 4) is 22.8 Å². The number of rotatable bonds is 5. The second-order valence-corrected chi connectivity index (χ2v) is 6.63. The third-order valence-electron chi connectivity index (χ3n) is 4.69. The Balaban J connectivity index is 1.85. The zero-order chi connectivity index (χ0) is 20.4. The van der Waals surface area contributed by atoms with E-state index in [2.05, 4.69) is 5.32 Å². The Hall–Kier alpha value is -3.80. The average molecular weight is 387 g/mol. The maximum atomic E-state index is 13.0. The van der Waals surface area contributed by atoms with Gasteiger partial charge in [-0.15, -0.1) is 0 Å². The number of methoxy groups -OCH3 is 2. The van der Waals surface area contributed by atoms with Crippen molar-refractivity contribution in [3.63, 3.8) is 0 Å². The minimum Gasteiger partial charge on any atom is -0.497 e. The molecule has 0 atom stereocenters. The summed E-state index contributed by atoms with van der Waals surface area (Å²) in [6.45, 7) is 2.00. The minimum absolute atomic E-state index is 0.247. The van der Waals surface area contributed by atoms with Crippen LogP contribution in [0.15, 0.2) is 66.9 Å². The van der Waals surface area contributed by atoms with Crippen molar-refractivity contribution >= 4 is 17.4 Å². The number of carbonyl (C=O) groups excluding carboxylic acids is 1. The lowest BCUT2D eigenvalue weighted by molar-refractivity contribution is 0.102. The number of para-hydroxylation sites is 1. The SMILES string of the molecule is COc1cccc(C(=O)Nc2c(-c3ccccc3OC)nc3ccc(C)cn23)c1. The normalized spacial score (nSPS) is 10.7. The summed E-state index contributed by atoms with van der Waals surface area (Å²) in [7, 11) is 3.19. The average Bonchev–Trinajstić information content (AvgIpc) is 3.11. The van der Waals surface area contributed by atoms with Crippen LogP contribution in [0.1, 0.15) is 15.9 Å². The van der Waals surface area contributed by atoms with Crippen molar-refractivity contribution in [1.29, 1.82) is 0 Å². The molecule has 0 aliphatic rings. The van der Waals surface area contributed by atoms with Gasteiger partial charge in [0.05, 0.1) is 14.2 Å². The van der Waals surface area contributed by atoms with Crippen LogP contribution in [-0.4, -0.2) is 29.5 Å². The van der Waals surface area contributed by atoms with E-state index in [-0.39, 0.29) is 5.91 Å². The molecule has 1 amide bonds. The number of pyridine rings is 1. The van der Waals surface area contributed by atoms with E-state index in [1.807, 2.05) is 53.9 Å². The van der Waals surface area contributed by atoms with Gasteiger partial charge in [0.15, 0.2) is 0 Å². The molecule has 0 aliphatic carbocycles. The number of hydrogen-bond acceptors (Lipinski definition) is 4. The number of anilines is 1. The van der Waals surface area contributed by atoms with Crippen LogP contribution in [0.2, 0.25) is 0 Å². The summed E-state index contributed by atoms with van der Waals surface area (Å²) in [5.41, 5.74) is 3.73. The number of benzene rings is 2. The Morgan fingerprint density at radius 1 is 1.00 bits per heavy atom. The molecule has 2 aromatic heterocycles. The van der Waals surface area contributed by atoms with Crippen LogP contribution >= 0.6 is 0 Å². The summed E-state index contributed by atoms with van der Waals surface area (Å²) in [6, 6.07) is 18.6. The first-order chi connectivity index (χ1) is 14.1. The summed E-state index contributed by atoms with van der Waals surface area (Å²) in [6.07, 6.45) is 1.95. The number of carbonyl (C=O) groups is 1. The zero-order valence-corrected chi connectivity index (χ0v) is 16.5. The summed E-state index contributed by atoms with van der Waals surface area (Å²) in [4.78, 5) is 17.8. The Bertz CT molecular complexity index is 1200. The molecule has 4 rings (SSSR count). The van der Waals surface area contributed by atoms with E-state index in [1.54, 1.807) is 38.5 Å². The van der Waals surface area contributed by atoms with Gasteiger partial charge in [-0.2, -0.15) is 0 Å². The van der Waals surface area contributed by atoms with Crippen molar-refractivity contribution in [1.82, 2.24) is 9.38 Å². The highest BCUT2D eigenvalue weighted by molar-refractivity contribution is 6.06. The number of fused-ring (bicyclic) bond motifs is 1. The van der Waals surface area contributed by atoms with Crippen LogP contribution in [0.5, 0.6) is 11.5 Å². The molecule has 0 radical (unpaired) electrons. The number of hydrogen-bond donors (Lipinski definition) is 1. The molecule has 2 aromatic carbocycles. The molecule has 29 heavy (non-hydrogen) atoms. The molecule has 0 saturated heterocycles. The monoisotopic (exact) mass is 387 g/mol. The summed E-state index contributed by atoms with van der Waals surface area (Å²) in [5, 5.41) is 3.03. The van der Waals surface area contributed by atoms with Gasteiger partial charge in [-0.25, -0.2) is 4.98 Å². The van der Waals surface area contributed by atoms with E-state index in [0.717, 1.165) is 16.8 Å². The lowest BCUT2D eigenvalue weighted by Crippen LogP contribution is -2.14. The van der Waals surface area contributed by atoms with Crippen LogP contribution in [-0.2, 0) is 0 Å². The molecule has 0 fully saturated rings. The largest absolute Gasteiger partial charge is 0.497 e. The van der Waals surface area contributed by atoms with E-state index in [0.29, 0.717) is 28.6 Å². The smallest absolute Gasteiger partial charge is 0.256 e. The van der Waals surface area contributed by atoms with E-state index >= 15 is 0 Å². The summed E-state index contributed by atoms with van der Waals surface area (Å²) < 4.78 is 12.6. The van der Waals surface area contributed by atoms with Gasteiger partial charge in [-0.1, -0.05) is 24.3 Å². The zero-order valence-electron chi connectivity index (χ0n) is 16.5. The predicted molar refractivity (Wildman–Crippen MR) is 113 cm³/mol. The van der Waals surface area contributed by atoms with E-state index in [9.17, 15) is 4.79 Å². The fourth-order valence-corrected chi connectivity index (χ4v) is 3.24. The molecule has 0 saturated carbocycles. The first-order valence-corrected chi connectivity index (χ1v) is 9.18. The lowest BCUT2D eigenvalue weighted by Gasteiger charge is -2.11. The van der Waals surface area contributed by atoms with Crippen molar-refractivity contribution in [3.05, 3.63) is 78.0 Å². The van der Waals surface area contributed by atoms with Gasteiger partial charge in [-0.3, -0.25) is 9.20 Å². The van der Waals surface area contributed by atoms with Gasteiger partial charge < -0.3 is 14.8 Å². The molecule has 0 aliphatic heterocycles. The van der Waals surface area contributed by atoms with Crippen LogP contribution < -0.4 is 14.8 Å². The molecule has 4 aromatic rings. The number of nitrogens with zero attached hydrogens (tertiary/aromatic N) is 2. The van der Waals surface area contributed by atoms with E-state index < -0.39 is 0 Å². The number of amides is 1. The number of aryl methyl sites for hydroxylation is 1. The molecule has 1 N–H and O–H groups in total. The molecule has 0 bridgehead atoms. The fourth-order valence-electron chi connectivity index (χ4n) is 3.24. The van der Waals surface area contributed by atoms with Crippen LogP contribution in [0, 0.1) is 6.92 Å². The Morgan fingerprint density at radius 2 is 1.83 bits per heavy atom. The van der Waals surface area contributed by atoms with Gasteiger partial charge in [-0.05, 0) is 48.9 Å². The first kappa shape index (κ1) is 18.6. The standard InChI is InChI=1S/C23H21N3O3/c1-15-11-12-20-24-21(18-9-4-5-10-19(18)29-3)22(26(20)14-15)25-23(27)16-7-6-8-17(13-16)28-2/h4-14H,1-3H3,(H,25,27). The Kier molecular flexibility index (Phi) is 4.91. The van der Waals surface area contributed by atoms with Gasteiger partial charge in [0.25, 0.3) is 5.91 Å². The third kappa shape index (κ3) is 3.52. The van der Waals surface area contributed by atoms with Crippen molar-refractivity contribution in [2.75, 3.05) is 19.5 Å². The van der Waals surface area contributed by atoms with E-state index in [1.165, 1.54) is 0 Å². The molecular weight excluding hydrogens is 366 g/mol. The van der Waals surface area contributed by atoms with Gasteiger partial charge in [0.1, 0.15) is 28.7 Å². The maximum absolute atomic E-state index is 13.0. The van der Waals surface area contributed by atoms with Crippen LogP contribution in [0.3, 0.4) is 0 Å². The highest BCUT2D eigenvalue weighted by Crippen LogP contribution is 2.35. The Morgan fingerprint density at radius 3 is 2.62 bits per heavy atom. The third-order valence-corrected chi connectivity index (χ3v) is 4.69. The van der Waals surface area contributed by atoms with Gasteiger partial charge in [0, 0.05) is 17.3 Å². The number of aromatic nitrogens is 2. The second kappa shape index (κ2) is 7.67. The Labute approximate surface area is 168 Å². The topological polar surface area (TPSA) is 64.9 Å². The van der Waals surface area contributed by atoms with Crippen LogP contribution in [0.4, 0.5) is 5.82 Å². The molecule has 146 valence electrons. The molecule has 0 spiro atoms. The lowest BCUT2D eigenvalue weighted by atomic mass is 10.1. The number of ether oxygens (including phenoxy) is 2. The predicted octanol–water partition coefficient (Wildman–Crippen LogP) is 4.58. The van der Waals surface area contributed by atoms with Gasteiger partial charge >= 0.3 is 0 Å². The highest BCUT2D eigenvalue weighted by atomic mass is 16.5.